The number of hydrogen-bond acceptors (Lipinski definition) is 9. The first-order valence-corrected chi connectivity index (χ1v) is 16.1. The minimum atomic E-state index is -0.543. The van der Waals surface area contributed by atoms with Crippen molar-refractivity contribution >= 4 is 72.6 Å². The summed E-state index contributed by atoms with van der Waals surface area (Å²) in [4.78, 5) is 49.6. The largest absolute Gasteiger partial charge is 0.372 e. The van der Waals surface area contributed by atoms with Gasteiger partial charge in [-0.3, -0.25) is 19.4 Å². The molecule has 4 rings (SSSR count). The summed E-state index contributed by atoms with van der Waals surface area (Å²) >= 11 is 2.78. The number of thiazole rings is 1. The summed E-state index contributed by atoms with van der Waals surface area (Å²) in [5.41, 5.74) is 1.98. The monoisotopic (exact) mass is 594 g/mol. The number of barbiturate groups is 1. The minimum Gasteiger partial charge on any atom is -0.372 e. The topological polar surface area (TPSA) is 98.5 Å². The van der Waals surface area contributed by atoms with Crippen LogP contribution in [0.1, 0.15) is 71.1 Å². The summed E-state index contributed by atoms with van der Waals surface area (Å²) in [6, 6.07) is 9.53. The fourth-order valence-electron chi connectivity index (χ4n) is 4.56. The number of thiophene rings is 1. The highest BCUT2D eigenvalue weighted by molar-refractivity contribution is 7.29. The lowest BCUT2D eigenvalue weighted by Crippen LogP contribution is -2.56. The first-order chi connectivity index (χ1) is 19.9. The van der Waals surface area contributed by atoms with Gasteiger partial charge in [-0.25, -0.2) is 9.78 Å². The Balaban J connectivity index is 1.49. The molecule has 3 aromatic rings. The molecule has 41 heavy (non-hydrogen) atoms. The molecule has 0 N–H and O–H groups in total. The van der Waals surface area contributed by atoms with Crippen LogP contribution in [0.5, 0.6) is 0 Å². The van der Waals surface area contributed by atoms with Crippen LogP contribution in [0.15, 0.2) is 46.1 Å². The molecule has 0 atom stereocenters. The van der Waals surface area contributed by atoms with Gasteiger partial charge in [-0.15, -0.1) is 21.6 Å². The number of nitrogens with zero attached hydrogens (tertiary/aromatic N) is 6. The third-order valence-corrected chi connectivity index (χ3v) is 8.71. The minimum absolute atomic E-state index is 0.00622. The molecule has 0 saturated carbocycles. The van der Waals surface area contributed by atoms with Gasteiger partial charge in [0.1, 0.15) is 10.4 Å². The number of unbranched alkanes of at least 4 members (excludes halogenated alkanes) is 2. The predicted octanol–water partition coefficient (Wildman–Crippen LogP) is 8.17. The van der Waals surface area contributed by atoms with Gasteiger partial charge in [-0.05, 0) is 62.1 Å². The third kappa shape index (κ3) is 7.26. The van der Waals surface area contributed by atoms with E-state index in [0.29, 0.717) is 18.0 Å². The Hall–Kier alpha value is -3.44. The van der Waals surface area contributed by atoms with Gasteiger partial charge in [0.25, 0.3) is 11.8 Å². The second kappa shape index (κ2) is 14.5. The van der Waals surface area contributed by atoms with E-state index in [9.17, 15) is 14.4 Å². The molecule has 1 saturated heterocycles. The molecule has 3 heterocycles. The van der Waals surface area contributed by atoms with Crippen molar-refractivity contribution in [1.29, 1.82) is 0 Å². The van der Waals surface area contributed by atoms with Gasteiger partial charge in [-0.1, -0.05) is 51.9 Å². The van der Waals surface area contributed by atoms with Crippen LogP contribution < -0.4 is 4.90 Å². The maximum atomic E-state index is 13.0. The summed E-state index contributed by atoms with van der Waals surface area (Å²) in [5.74, 6) is -1.09. The van der Waals surface area contributed by atoms with Crippen LogP contribution >= 0.6 is 22.7 Å². The van der Waals surface area contributed by atoms with Crippen molar-refractivity contribution in [3.05, 3.63) is 40.8 Å². The lowest BCUT2D eigenvalue weighted by molar-refractivity contribution is -0.135. The van der Waals surface area contributed by atoms with Crippen LogP contribution in [0.2, 0.25) is 0 Å². The normalized spacial score (nSPS) is 14.2. The molecule has 0 unspecified atom stereocenters. The van der Waals surface area contributed by atoms with Gasteiger partial charge >= 0.3 is 6.03 Å². The molecule has 9 nitrogen and oxygen atoms in total. The Morgan fingerprint density at radius 3 is 1.98 bits per heavy atom. The van der Waals surface area contributed by atoms with E-state index in [4.69, 9.17) is 0 Å². The van der Waals surface area contributed by atoms with Crippen LogP contribution in [0, 0.1) is 0 Å². The summed E-state index contributed by atoms with van der Waals surface area (Å²) in [6.07, 6.45) is 7.51. The number of azo groups is 1. The maximum absolute atomic E-state index is 13.0. The molecule has 1 aliphatic rings. The molecule has 1 aliphatic heterocycles. The van der Waals surface area contributed by atoms with Crippen molar-refractivity contribution in [3.63, 3.8) is 0 Å². The number of carbonyl (C=O) groups is 3. The van der Waals surface area contributed by atoms with Crippen molar-refractivity contribution in [1.82, 2.24) is 14.8 Å². The number of anilines is 1. The number of hydrogen-bond donors (Lipinski definition) is 0. The van der Waals surface area contributed by atoms with Gasteiger partial charge in [0.15, 0.2) is 0 Å². The molecule has 1 fully saturated rings. The van der Waals surface area contributed by atoms with Gasteiger partial charge in [0.2, 0.25) is 5.13 Å². The number of benzene rings is 1. The molecule has 11 heteroatoms. The highest BCUT2D eigenvalue weighted by Crippen LogP contribution is 2.36. The smallest absolute Gasteiger partial charge is 0.333 e. The number of amides is 4. The average molecular weight is 595 g/mol. The van der Waals surface area contributed by atoms with Crippen molar-refractivity contribution in [2.75, 3.05) is 31.1 Å². The Bertz CT molecular complexity index is 1360. The van der Waals surface area contributed by atoms with E-state index in [0.717, 1.165) is 43.0 Å². The van der Waals surface area contributed by atoms with Crippen LogP contribution in [0.25, 0.3) is 15.6 Å². The second-order valence-corrected chi connectivity index (χ2v) is 12.1. The zero-order chi connectivity index (χ0) is 29.4. The molecular formula is C30H38N6O3S2. The van der Waals surface area contributed by atoms with Gasteiger partial charge < -0.3 is 4.90 Å². The molecule has 1 aromatic carbocycles. The molecule has 2 aromatic heterocycles. The Kier molecular flexibility index (Phi) is 10.8. The van der Waals surface area contributed by atoms with Crippen LogP contribution in [0.3, 0.4) is 0 Å². The lowest BCUT2D eigenvalue weighted by Gasteiger charge is -2.33. The van der Waals surface area contributed by atoms with E-state index in [1.54, 1.807) is 6.08 Å². The number of imide groups is 2. The molecule has 4 amide bonds. The molecular weight excluding hydrogens is 557 g/mol. The van der Waals surface area contributed by atoms with E-state index in [2.05, 4.69) is 46.1 Å². The Morgan fingerprint density at radius 2 is 1.44 bits per heavy atom. The predicted molar refractivity (Wildman–Crippen MR) is 168 cm³/mol. The van der Waals surface area contributed by atoms with E-state index in [-0.39, 0.29) is 18.7 Å². The first kappa shape index (κ1) is 30.5. The highest BCUT2D eigenvalue weighted by Gasteiger charge is 2.41. The highest BCUT2D eigenvalue weighted by atomic mass is 32.1. The number of rotatable bonds is 14. The fourth-order valence-corrected chi connectivity index (χ4v) is 6.55. The van der Waals surface area contributed by atoms with Crippen LogP contribution in [0.4, 0.5) is 21.3 Å². The summed E-state index contributed by atoms with van der Waals surface area (Å²) in [6.45, 7) is 10.9. The number of carbonyl (C=O) groups excluding carboxylic acids is 3. The zero-order valence-electron chi connectivity index (χ0n) is 24.3. The number of fused-ring (bicyclic) bond motifs is 1. The summed E-state index contributed by atoms with van der Waals surface area (Å²) in [5, 5.41) is 9.28. The number of urea groups is 1. The van der Waals surface area contributed by atoms with Gasteiger partial charge in [-0.2, -0.15) is 0 Å². The van der Waals surface area contributed by atoms with Crippen molar-refractivity contribution in [2.45, 2.75) is 66.2 Å². The Labute approximate surface area is 249 Å². The van der Waals surface area contributed by atoms with E-state index < -0.39 is 17.8 Å². The summed E-state index contributed by atoms with van der Waals surface area (Å²) < 4.78 is 0.899. The third-order valence-electron chi connectivity index (χ3n) is 6.72. The quantitative estimate of drug-likeness (QED) is 0.106. The molecule has 0 bridgehead atoms. The molecule has 0 aliphatic carbocycles. The Morgan fingerprint density at radius 1 is 0.829 bits per heavy atom. The van der Waals surface area contributed by atoms with Crippen LogP contribution in [-0.4, -0.2) is 58.8 Å². The molecule has 218 valence electrons. The van der Waals surface area contributed by atoms with Crippen molar-refractivity contribution in [2.24, 2.45) is 10.2 Å². The van der Waals surface area contributed by atoms with Crippen molar-refractivity contribution < 1.29 is 14.4 Å². The molecule has 0 radical (unpaired) electrons. The fraction of sp³-hybridized carbons (Fsp3) is 0.467. The number of aromatic nitrogens is 1. The average Bonchev–Trinajstić information content (AvgIpc) is 3.53. The van der Waals surface area contributed by atoms with Crippen molar-refractivity contribution in [3.8, 4) is 0 Å². The zero-order valence-corrected chi connectivity index (χ0v) is 25.9. The van der Waals surface area contributed by atoms with E-state index in [1.165, 1.54) is 54.0 Å². The summed E-state index contributed by atoms with van der Waals surface area (Å²) in [7, 11) is 0. The molecule has 0 spiro atoms. The standard InChI is InChI=1S/C30H38N6O3S2/c1-5-9-17-34(18-10-6-2)22-13-11-21(12-14-22)32-33-29-31-26-25(41-29)20-23(40-26)19-24-27(37)35(15-7-3)30(39)36(16-8-4)28(24)38/h11-14,19-20H,5-10,15-18H2,1-4H3. The second-order valence-electron chi connectivity index (χ2n) is 9.98. The SMILES string of the molecule is CCCCN(CCCC)c1ccc(N=Nc2nc3sc(C=C4C(=O)N(CCC)C(=O)N(CCC)C4=O)cc3s2)cc1. The van der Waals surface area contributed by atoms with Gasteiger partial charge in [0.05, 0.1) is 10.4 Å². The van der Waals surface area contributed by atoms with Gasteiger partial charge in [0, 0.05) is 36.7 Å². The first-order valence-electron chi connectivity index (χ1n) is 14.5. The maximum Gasteiger partial charge on any atom is 0.333 e. The van der Waals surface area contributed by atoms with Crippen LogP contribution in [-0.2, 0) is 9.59 Å². The van der Waals surface area contributed by atoms with E-state index >= 15 is 0 Å². The lowest BCUT2D eigenvalue weighted by atomic mass is 10.1. The van der Waals surface area contributed by atoms with E-state index in [1.807, 2.05) is 32.0 Å².